The summed E-state index contributed by atoms with van der Waals surface area (Å²) in [4.78, 5) is 30.9. The molecule has 0 saturated heterocycles. The zero-order valence-electron chi connectivity index (χ0n) is 14.2. The third kappa shape index (κ3) is 2.04. The Bertz CT molecular complexity index is 1190. The molecule has 1 aromatic heterocycles. The highest BCUT2D eigenvalue weighted by Gasteiger charge is 2.37. The molecule has 124 valence electrons. The van der Waals surface area contributed by atoms with E-state index in [1.54, 1.807) is 18.2 Å². The Hall–Kier alpha value is -3.33. The van der Waals surface area contributed by atoms with Gasteiger partial charge >= 0.3 is 0 Å². The van der Waals surface area contributed by atoms with Gasteiger partial charge in [0, 0.05) is 21.9 Å². The first kappa shape index (κ1) is 15.0. The maximum atomic E-state index is 13.1. The first-order valence-electron chi connectivity index (χ1n) is 8.61. The summed E-state index contributed by atoms with van der Waals surface area (Å²) in [5, 5.41) is 2.69. The molecule has 1 heterocycles. The van der Waals surface area contributed by atoms with Crippen LogP contribution in [0.3, 0.4) is 0 Å². The predicted molar refractivity (Wildman–Crippen MR) is 102 cm³/mol. The highest BCUT2D eigenvalue weighted by molar-refractivity contribution is 6.31. The molecule has 0 radical (unpaired) electrons. The van der Waals surface area contributed by atoms with Crippen LogP contribution in [-0.4, -0.2) is 16.6 Å². The van der Waals surface area contributed by atoms with Crippen molar-refractivity contribution in [1.82, 2.24) is 4.98 Å². The van der Waals surface area contributed by atoms with Crippen LogP contribution >= 0.6 is 0 Å². The number of benzene rings is 3. The van der Waals surface area contributed by atoms with Crippen LogP contribution in [-0.2, 0) is 0 Å². The summed E-state index contributed by atoms with van der Waals surface area (Å²) in [7, 11) is 0. The van der Waals surface area contributed by atoms with Crippen molar-refractivity contribution < 1.29 is 9.59 Å². The maximum Gasteiger partial charge on any atom is 0.180 e. The van der Waals surface area contributed by atoms with Crippen LogP contribution < -0.4 is 0 Å². The van der Waals surface area contributed by atoms with Crippen LogP contribution in [0.15, 0.2) is 66.7 Å². The Kier molecular flexibility index (Phi) is 3.07. The van der Waals surface area contributed by atoms with Crippen molar-refractivity contribution in [2.45, 2.75) is 12.8 Å². The minimum atomic E-state index is -0.874. The van der Waals surface area contributed by atoms with Gasteiger partial charge < -0.3 is 0 Å². The molecule has 0 aliphatic heterocycles. The van der Waals surface area contributed by atoms with Crippen LogP contribution in [0.4, 0.5) is 0 Å². The smallest absolute Gasteiger partial charge is 0.180 e. The van der Waals surface area contributed by atoms with Crippen molar-refractivity contribution in [3.8, 4) is 0 Å². The summed E-state index contributed by atoms with van der Waals surface area (Å²) in [6, 6.07) is 20.9. The van der Waals surface area contributed by atoms with Gasteiger partial charge in [0.15, 0.2) is 11.6 Å². The second kappa shape index (κ2) is 5.33. The third-order valence-corrected chi connectivity index (χ3v) is 5.12. The molecule has 0 spiro atoms. The van der Waals surface area contributed by atoms with E-state index in [-0.39, 0.29) is 11.6 Å². The van der Waals surface area contributed by atoms with Gasteiger partial charge in [-0.2, -0.15) is 0 Å². The van der Waals surface area contributed by atoms with E-state index in [2.05, 4.69) is 4.98 Å². The Balaban J connectivity index is 1.72. The van der Waals surface area contributed by atoms with E-state index in [0.717, 1.165) is 27.2 Å². The summed E-state index contributed by atoms with van der Waals surface area (Å²) in [5.41, 5.74) is 3.67. The van der Waals surface area contributed by atoms with Crippen molar-refractivity contribution in [3.63, 3.8) is 0 Å². The van der Waals surface area contributed by atoms with Crippen molar-refractivity contribution >= 4 is 33.2 Å². The lowest BCUT2D eigenvalue weighted by molar-refractivity contribution is 0.0854. The lowest BCUT2D eigenvalue weighted by atomic mass is 9.78. The minimum absolute atomic E-state index is 0.168. The third-order valence-electron chi connectivity index (χ3n) is 5.12. The van der Waals surface area contributed by atoms with Crippen molar-refractivity contribution in [2.75, 3.05) is 0 Å². The number of carbonyl (C=O) groups excluding carboxylic acids is 2. The molecule has 0 saturated carbocycles. The van der Waals surface area contributed by atoms with Gasteiger partial charge in [0.1, 0.15) is 5.92 Å². The average Bonchev–Trinajstić information content (AvgIpc) is 2.66. The Morgan fingerprint density at radius 2 is 1.46 bits per heavy atom. The molecule has 0 unspecified atom stereocenters. The van der Waals surface area contributed by atoms with Gasteiger partial charge in [-0.15, -0.1) is 0 Å². The topological polar surface area (TPSA) is 47.0 Å². The van der Waals surface area contributed by atoms with E-state index in [4.69, 9.17) is 0 Å². The van der Waals surface area contributed by atoms with Gasteiger partial charge in [0.2, 0.25) is 0 Å². The number of ketones is 2. The van der Waals surface area contributed by atoms with Crippen LogP contribution in [0.1, 0.15) is 37.9 Å². The van der Waals surface area contributed by atoms with Gasteiger partial charge in [0.25, 0.3) is 0 Å². The highest BCUT2D eigenvalue weighted by Crippen LogP contribution is 2.36. The zero-order chi connectivity index (χ0) is 17.8. The molecule has 3 heteroatoms. The summed E-state index contributed by atoms with van der Waals surface area (Å²) < 4.78 is 0. The maximum absolute atomic E-state index is 13.1. The number of hydrogen-bond donors (Lipinski definition) is 0. The highest BCUT2D eigenvalue weighted by atomic mass is 16.2. The molecule has 0 N–H and O–H groups in total. The van der Waals surface area contributed by atoms with Gasteiger partial charge in [-0.25, -0.2) is 0 Å². The molecular formula is C23H15NO2. The molecular weight excluding hydrogens is 322 g/mol. The lowest BCUT2D eigenvalue weighted by Crippen LogP contribution is -2.28. The number of Topliss-reactive ketones (excluding diaryl/α,β-unsaturated/α-hetero) is 2. The SMILES string of the molecule is Cc1ccc2nc(C3C(=O)c4cccc5cccc(c45)C3=O)ccc2c1. The van der Waals surface area contributed by atoms with Crippen LogP contribution in [0, 0.1) is 6.92 Å². The average molecular weight is 337 g/mol. The number of fused-ring (bicyclic) bond motifs is 1. The summed E-state index contributed by atoms with van der Waals surface area (Å²) in [5.74, 6) is -1.21. The number of pyridine rings is 1. The van der Waals surface area contributed by atoms with E-state index in [1.807, 2.05) is 55.5 Å². The van der Waals surface area contributed by atoms with E-state index in [0.29, 0.717) is 16.8 Å². The minimum Gasteiger partial charge on any atom is -0.293 e. The van der Waals surface area contributed by atoms with Crippen LogP contribution in [0.25, 0.3) is 21.7 Å². The predicted octanol–water partition coefficient (Wildman–Crippen LogP) is 4.86. The van der Waals surface area contributed by atoms with E-state index >= 15 is 0 Å². The summed E-state index contributed by atoms with van der Waals surface area (Å²) >= 11 is 0. The summed E-state index contributed by atoms with van der Waals surface area (Å²) in [6.45, 7) is 2.03. The Morgan fingerprint density at radius 1 is 0.769 bits per heavy atom. The molecule has 5 rings (SSSR count). The van der Waals surface area contributed by atoms with Crippen LogP contribution in [0.5, 0.6) is 0 Å². The second-order valence-electron chi connectivity index (χ2n) is 6.80. The lowest BCUT2D eigenvalue weighted by Gasteiger charge is -2.22. The number of nitrogens with zero attached hydrogens (tertiary/aromatic N) is 1. The quantitative estimate of drug-likeness (QED) is 0.466. The van der Waals surface area contributed by atoms with Crippen molar-refractivity contribution in [2.24, 2.45) is 0 Å². The number of hydrogen-bond acceptors (Lipinski definition) is 3. The molecule has 0 bridgehead atoms. The van der Waals surface area contributed by atoms with Gasteiger partial charge in [-0.1, -0.05) is 54.1 Å². The van der Waals surface area contributed by atoms with Gasteiger partial charge in [-0.05, 0) is 30.5 Å². The molecule has 3 aromatic carbocycles. The number of carbonyl (C=O) groups is 2. The molecule has 26 heavy (non-hydrogen) atoms. The van der Waals surface area contributed by atoms with E-state index in [1.165, 1.54) is 0 Å². The van der Waals surface area contributed by atoms with Crippen molar-refractivity contribution in [1.29, 1.82) is 0 Å². The number of rotatable bonds is 1. The summed E-state index contributed by atoms with van der Waals surface area (Å²) in [6.07, 6.45) is 0. The fraction of sp³-hybridized carbons (Fsp3) is 0.0870. The van der Waals surface area contributed by atoms with Gasteiger partial charge in [0.05, 0.1) is 11.2 Å². The standard InChI is InChI=1S/C23H15NO2/c1-13-8-10-18-15(12-13)9-11-19(24-18)21-22(25)16-6-2-4-14-5-3-7-17(20(14)16)23(21)26/h2-12,21H,1H3. The first-order valence-corrected chi connectivity index (χ1v) is 8.61. The second-order valence-corrected chi connectivity index (χ2v) is 6.80. The molecule has 0 fully saturated rings. The van der Waals surface area contributed by atoms with Crippen molar-refractivity contribution in [3.05, 3.63) is 89.1 Å². The largest absolute Gasteiger partial charge is 0.293 e. The number of aryl methyl sites for hydroxylation is 1. The molecule has 1 aliphatic carbocycles. The van der Waals surface area contributed by atoms with Gasteiger partial charge in [-0.3, -0.25) is 14.6 Å². The molecule has 3 nitrogen and oxygen atoms in total. The van der Waals surface area contributed by atoms with Crippen LogP contribution in [0.2, 0.25) is 0 Å². The van der Waals surface area contributed by atoms with E-state index < -0.39 is 5.92 Å². The molecule has 0 amide bonds. The normalized spacial score (nSPS) is 14.3. The Morgan fingerprint density at radius 3 is 2.15 bits per heavy atom. The number of aromatic nitrogens is 1. The van der Waals surface area contributed by atoms with E-state index in [9.17, 15) is 9.59 Å². The fourth-order valence-electron chi connectivity index (χ4n) is 3.87. The fourth-order valence-corrected chi connectivity index (χ4v) is 3.87. The molecule has 4 aromatic rings. The molecule has 0 atom stereocenters. The zero-order valence-corrected chi connectivity index (χ0v) is 14.2. The monoisotopic (exact) mass is 337 g/mol. The molecule has 1 aliphatic rings. The Labute approximate surface area is 150 Å². The first-order chi connectivity index (χ1) is 12.6.